The molecule has 3 atom stereocenters. The Bertz CT molecular complexity index is 1610. The number of phosphoric acid groups is 1. The van der Waals surface area contributed by atoms with E-state index in [1.54, 1.807) is 0 Å². The summed E-state index contributed by atoms with van der Waals surface area (Å²) >= 11 is 0. The van der Waals surface area contributed by atoms with Gasteiger partial charge in [-0.05, 0) is 109 Å². The van der Waals surface area contributed by atoms with E-state index in [9.17, 15) is 28.9 Å². The molecule has 0 aliphatic carbocycles. The van der Waals surface area contributed by atoms with Crippen molar-refractivity contribution in [2.24, 2.45) is 0 Å². The lowest BCUT2D eigenvalue weighted by Crippen LogP contribution is -2.30. The van der Waals surface area contributed by atoms with Crippen LogP contribution < -0.4 is 0 Å². The monoisotopic (exact) mass is 1060 g/mol. The van der Waals surface area contributed by atoms with Crippen molar-refractivity contribution in [2.75, 3.05) is 26.4 Å². The summed E-state index contributed by atoms with van der Waals surface area (Å²) in [4.78, 5) is 48.5. The summed E-state index contributed by atoms with van der Waals surface area (Å²) in [6.07, 6.45) is 65.2. The highest BCUT2D eigenvalue weighted by molar-refractivity contribution is 7.47. The second kappa shape index (κ2) is 55.6. The summed E-state index contributed by atoms with van der Waals surface area (Å²) in [6.45, 7) is 4.39. The summed E-state index contributed by atoms with van der Waals surface area (Å²) in [5.41, 5.74) is 0. The Hall–Kier alpha value is -3.60. The molecule has 0 aromatic heterocycles. The topological polar surface area (TPSA) is 155 Å². The van der Waals surface area contributed by atoms with E-state index in [0.29, 0.717) is 19.3 Å². The Balaban J connectivity index is 4.80. The van der Waals surface area contributed by atoms with Gasteiger partial charge in [0.25, 0.3) is 0 Å². The number of aliphatic hydroxyl groups is 1. The van der Waals surface area contributed by atoms with Crippen LogP contribution in [0.3, 0.4) is 0 Å². The molecule has 0 heterocycles. The zero-order valence-corrected chi connectivity index (χ0v) is 47.7. The molecule has 0 rings (SSSR count). The van der Waals surface area contributed by atoms with E-state index in [4.69, 9.17) is 23.3 Å². The maximum Gasteiger partial charge on any atom is 0.472 e. The summed E-state index contributed by atoms with van der Waals surface area (Å²) in [6, 6.07) is 0. The minimum atomic E-state index is -4.77. The summed E-state index contributed by atoms with van der Waals surface area (Å²) in [5.74, 6) is -1.59. The third-order valence-electron chi connectivity index (χ3n) is 12.0. The fraction of sp³-hybridized carbons (Fsp3) is 0.694. The minimum Gasteiger partial charge on any atom is -0.462 e. The van der Waals surface area contributed by atoms with Crippen molar-refractivity contribution in [1.29, 1.82) is 0 Å². The molecule has 0 aromatic rings. The van der Waals surface area contributed by atoms with Crippen LogP contribution >= 0.6 is 7.82 Å². The first kappa shape index (κ1) is 70.4. The predicted octanol–water partition coefficient (Wildman–Crippen LogP) is 17.3. The van der Waals surface area contributed by atoms with Crippen LogP contribution in [0.1, 0.15) is 239 Å². The van der Waals surface area contributed by atoms with Gasteiger partial charge in [0.05, 0.1) is 19.8 Å². The predicted molar refractivity (Wildman–Crippen MR) is 307 cm³/mol. The first-order chi connectivity index (χ1) is 36.2. The van der Waals surface area contributed by atoms with E-state index in [-0.39, 0.29) is 25.9 Å². The molecule has 2 N–H and O–H groups in total. The largest absolute Gasteiger partial charge is 0.472 e. The molecular weight excluding hydrogens is 952 g/mol. The molecule has 0 spiro atoms. The molecule has 0 amide bonds. The number of rotatable bonds is 53. The number of aliphatic hydroxyl groups excluding tert-OH is 1. The number of esters is 3. The lowest BCUT2D eigenvalue weighted by molar-refractivity contribution is -0.161. The number of carbonyl (C=O) groups is 3. The van der Waals surface area contributed by atoms with Gasteiger partial charge in [-0.15, -0.1) is 0 Å². The van der Waals surface area contributed by atoms with Gasteiger partial charge in [0.2, 0.25) is 0 Å². The van der Waals surface area contributed by atoms with Crippen LogP contribution in [0.4, 0.5) is 0 Å². The Morgan fingerprint density at radius 1 is 0.392 bits per heavy atom. The van der Waals surface area contributed by atoms with Crippen molar-refractivity contribution in [3.05, 3.63) is 97.2 Å². The second-order valence-electron chi connectivity index (χ2n) is 19.1. The standard InChI is InChI=1S/C62H105O11P/c1-4-7-10-13-16-19-22-25-27-28-29-30-32-35-38-41-44-47-50-53-62(66)73-59(55-69-60(64)51-48-45-42-39-36-33-24-21-18-15-12-9-6-3)57-71-74(67,68)70-56-58(54-63)72-61(65)52-49-46-43-40-37-34-31-26-23-20-17-14-11-8-5-2/h9,12,16,18-19,21,25-27,29-31,33,36,42,45,58-59,63H,4-8,10-11,13-15,17,20,22-24,28,32,34-35,37-41,43-44,46-57H2,1-3H3,(H,67,68)/b12-9-,19-16-,21-18-,27-25-,30-29-,31-26-,36-33-,45-42-. The quantitative estimate of drug-likeness (QED) is 0.0197. The van der Waals surface area contributed by atoms with Crippen LogP contribution in [-0.2, 0) is 42.2 Å². The van der Waals surface area contributed by atoms with Crippen molar-refractivity contribution in [1.82, 2.24) is 0 Å². The third-order valence-corrected chi connectivity index (χ3v) is 12.9. The number of phosphoric ester groups is 1. The van der Waals surface area contributed by atoms with E-state index < -0.39 is 57.8 Å². The van der Waals surface area contributed by atoms with Crippen LogP contribution in [0.15, 0.2) is 97.2 Å². The molecule has 0 aliphatic heterocycles. The fourth-order valence-electron chi connectivity index (χ4n) is 7.55. The highest BCUT2D eigenvalue weighted by Crippen LogP contribution is 2.43. The van der Waals surface area contributed by atoms with Crippen molar-refractivity contribution in [3.63, 3.8) is 0 Å². The lowest BCUT2D eigenvalue weighted by atomic mass is 10.1. The number of allylic oxidation sites excluding steroid dienone is 16. The average molecular weight is 1060 g/mol. The molecule has 0 radical (unpaired) electrons. The van der Waals surface area contributed by atoms with Gasteiger partial charge in [0.1, 0.15) is 12.7 Å². The molecule has 3 unspecified atom stereocenters. The Morgan fingerprint density at radius 3 is 1.18 bits per heavy atom. The molecule has 0 fully saturated rings. The molecular formula is C62H105O11P. The highest BCUT2D eigenvalue weighted by Gasteiger charge is 2.28. The molecule has 11 nitrogen and oxygen atoms in total. The average Bonchev–Trinajstić information content (AvgIpc) is 3.39. The Morgan fingerprint density at radius 2 is 0.730 bits per heavy atom. The van der Waals surface area contributed by atoms with Gasteiger partial charge < -0.3 is 24.2 Å². The van der Waals surface area contributed by atoms with Crippen LogP contribution in [-0.4, -0.2) is 66.5 Å². The van der Waals surface area contributed by atoms with E-state index in [0.717, 1.165) is 116 Å². The first-order valence-corrected chi connectivity index (χ1v) is 30.6. The van der Waals surface area contributed by atoms with Crippen molar-refractivity contribution in [3.8, 4) is 0 Å². The second-order valence-corrected chi connectivity index (χ2v) is 20.5. The van der Waals surface area contributed by atoms with Crippen molar-refractivity contribution >= 4 is 25.7 Å². The van der Waals surface area contributed by atoms with Gasteiger partial charge in [-0.25, -0.2) is 4.57 Å². The van der Waals surface area contributed by atoms with Crippen LogP contribution in [0.2, 0.25) is 0 Å². The fourth-order valence-corrected chi connectivity index (χ4v) is 8.33. The number of ether oxygens (including phenoxy) is 3. The molecule has 0 bridgehead atoms. The van der Waals surface area contributed by atoms with Gasteiger partial charge >= 0.3 is 25.7 Å². The number of hydrogen-bond donors (Lipinski definition) is 2. The Labute approximate surface area is 451 Å². The molecule has 12 heteroatoms. The summed E-state index contributed by atoms with van der Waals surface area (Å²) in [7, 11) is -4.77. The molecule has 0 aromatic carbocycles. The molecule has 0 aliphatic rings. The zero-order valence-electron chi connectivity index (χ0n) is 46.8. The van der Waals surface area contributed by atoms with Crippen molar-refractivity contribution in [2.45, 2.75) is 251 Å². The molecule has 0 saturated heterocycles. The SMILES string of the molecule is CC/C=C\C/C=C\C/C=C\C/C=C\CCC(=O)OCC(COP(=O)(O)OCC(CO)OC(=O)CCCCCCC/C=C\CCCCCCCC)OC(=O)CCCCCCCC/C=C\C/C=C\C/C=C\CCCCC. The first-order valence-electron chi connectivity index (χ1n) is 29.1. The highest BCUT2D eigenvalue weighted by atomic mass is 31.2. The van der Waals surface area contributed by atoms with Gasteiger partial charge in [0.15, 0.2) is 6.10 Å². The minimum absolute atomic E-state index is 0.0981. The zero-order chi connectivity index (χ0) is 54.1. The third kappa shape index (κ3) is 53.2. The van der Waals surface area contributed by atoms with Crippen LogP contribution in [0.25, 0.3) is 0 Å². The van der Waals surface area contributed by atoms with Crippen molar-refractivity contribution < 1.29 is 52.2 Å². The maximum atomic E-state index is 12.9. The van der Waals surface area contributed by atoms with E-state index in [1.807, 2.05) is 12.2 Å². The molecule has 74 heavy (non-hydrogen) atoms. The van der Waals surface area contributed by atoms with Gasteiger partial charge in [-0.2, -0.15) is 0 Å². The Kier molecular flexibility index (Phi) is 52.9. The van der Waals surface area contributed by atoms with Crippen LogP contribution in [0, 0.1) is 0 Å². The summed E-state index contributed by atoms with van der Waals surface area (Å²) in [5, 5.41) is 9.81. The normalized spacial score (nSPS) is 14.1. The van der Waals surface area contributed by atoms with E-state index in [2.05, 4.69) is 106 Å². The van der Waals surface area contributed by atoms with Crippen LogP contribution in [0.5, 0.6) is 0 Å². The summed E-state index contributed by atoms with van der Waals surface area (Å²) < 4.78 is 39.4. The molecule has 424 valence electrons. The van der Waals surface area contributed by atoms with E-state index in [1.165, 1.54) is 64.2 Å². The number of hydrogen-bond acceptors (Lipinski definition) is 10. The number of carbonyl (C=O) groups excluding carboxylic acids is 3. The smallest absolute Gasteiger partial charge is 0.462 e. The van der Waals surface area contributed by atoms with E-state index >= 15 is 0 Å². The maximum absolute atomic E-state index is 12.9. The number of unbranched alkanes of at least 4 members (excludes halogenated alkanes) is 20. The molecule has 0 saturated carbocycles. The van der Waals surface area contributed by atoms with Gasteiger partial charge in [-0.3, -0.25) is 23.4 Å². The lowest BCUT2D eigenvalue weighted by Gasteiger charge is -2.21. The van der Waals surface area contributed by atoms with Gasteiger partial charge in [0, 0.05) is 19.3 Å². The van der Waals surface area contributed by atoms with Gasteiger partial charge in [-0.1, -0.05) is 208 Å².